The maximum absolute atomic E-state index is 12.2. The second-order valence-electron chi connectivity index (χ2n) is 4.47. The van der Waals surface area contributed by atoms with Crippen LogP contribution in [-0.2, 0) is 16.0 Å². The minimum atomic E-state index is -3.90. The van der Waals surface area contributed by atoms with E-state index in [1.807, 2.05) is 6.92 Å². The van der Waals surface area contributed by atoms with Crippen LogP contribution in [0.3, 0.4) is 0 Å². The van der Waals surface area contributed by atoms with Gasteiger partial charge in [-0.15, -0.1) is 11.6 Å². The van der Waals surface area contributed by atoms with Crippen molar-refractivity contribution < 1.29 is 17.3 Å². The largest absolute Gasteiger partial charge is 0.493 e. The number of rotatable bonds is 5. The monoisotopic (exact) mass is 326 g/mol. The highest BCUT2D eigenvalue weighted by Crippen LogP contribution is 2.31. The Balaban J connectivity index is 2.34. The molecule has 6 heteroatoms. The van der Waals surface area contributed by atoms with Gasteiger partial charge in [0.2, 0.25) is 0 Å². The maximum Gasteiger partial charge on any atom is 0.339 e. The molecule has 112 valence electrons. The van der Waals surface area contributed by atoms with Gasteiger partial charge in [0.25, 0.3) is 0 Å². The molecule has 0 N–H and O–H groups in total. The predicted molar refractivity (Wildman–Crippen MR) is 81.5 cm³/mol. The van der Waals surface area contributed by atoms with Gasteiger partial charge >= 0.3 is 10.1 Å². The molecule has 4 nitrogen and oxygen atoms in total. The molecule has 0 saturated carbocycles. The summed E-state index contributed by atoms with van der Waals surface area (Å²) >= 11 is 5.74. The second-order valence-corrected chi connectivity index (χ2v) is 6.28. The van der Waals surface area contributed by atoms with Crippen LogP contribution in [0.1, 0.15) is 11.1 Å². The molecule has 0 amide bonds. The van der Waals surface area contributed by atoms with Gasteiger partial charge < -0.3 is 8.92 Å². The molecular formula is C15H15ClO4S. The van der Waals surface area contributed by atoms with Crippen LogP contribution < -0.4 is 8.92 Å². The van der Waals surface area contributed by atoms with E-state index in [2.05, 4.69) is 0 Å². The zero-order valence-electron chi connectivity index (χ0n) is 11.7. The Morgan fingerprint density at radius 1 is 1.05 bits per heavy atom. The number of halogens is 1. The third-order valence-corrected chi connectivity index (χ3v) is 4.45. The maximum atomic E-state index is 12.2. The lowest BCUT2D eigenvalue weighted by Crippen LogP contribution is -2.10. The first-order chi connectivity index (χ1) is 9.96. The average molecular weight is 327 g/mol. The van der Waals surface area contributed by atoms with Crippen LogP contribution in [0.4, 0.5) is 0 Å². The summed E-state index contributed by atoms with van der Waals surface area (Å²) in [7, 11) is -2.45. The lowest BCUT2D eigenvalue weighted by molar-refractivity contribution is 0.390. The highest BCUT2D eigenvalue weighted by atomic mass is 35.5. The quantitative estimate of drug-likeness (QED) is 0.623. The van der Waals surface area contributed by atoms with Gasteiger partial charge in [0.05, 0.1) is 7.11 Å². The van der Waals surface area contributed by atoms with Crippen LogP contribution in [0.5, 0.6) is 11.5 Å². The van der Waals surface area contributed by atoms with E-state index in [0.29, 0.717) is 11.6 Å². The lowest BCUT2D eigenvalue weighted by atomic mass is 10.2. The Bertz CT molecular complexity index is 724. The molecule has 0 aliphatic heterocycles. The molecule has 0 aliphatic rings. The molecule has 0 radical (unpaired) electrons. The van der Waals surface area contributed by atoms with Crippen molar-refractivity contribution in [2.24, 2.45) is 0 Å². The summed E-state index contributed by atoms with van der Waals surface area (Å²) in [6, 6.07) is 11.3. The molecule has 0 saturated heterocycles. The summed E-state index contributed by atoms with van der Waals surface area (Å²) in [5, 5.41) is 0. The summed E-state index contributed by atoms with van der Waals surface area (Å²) in [6.07, 6.45) is 0. The Morgan fingerprint density at radius 2 is 1.71 bits per heavy atom. The first-order valence-corrected chi connectivity index (χ1v) is 8.14. The molecule has 0 heterocycles. The van der Waals surface area contributed by atoms with Crippen molar-refractivity contribution in [2.75, 3.05) is 7.11 Å². The molecule has 0 spiro atoms. The Kier molecular flexibility index (Phi) is 4.75. The molecule has 0 aromatic heterocycles. The van der Waals surface area contributed by atoms with E-state index in [1.54, 1.807) is 24.3 Å². The number of alkyl halides is 1. The SMILES string of the molecule is COc1cc(CCl)ccc1OS(=O)(=O)c1ccc(C)cc1. The highest BCUT2D eigenvalue weighted by molar-refractivity contribution is 7.87. The molecule has 2 rings (SSSR count). The molecule has 21 heavy (non-hydrogen) atoms. The van der Waals surface area contributed by atoms with Gasteiger partial charge in [0, 0.05) is 5.88 Å². The number of hydrogen-bond acceptors (Lipinski definition) is 4. The zero-order valence-corrected chi connectivity index (χ0v) is 13.2. The number of hydrogen-bond donors (Lipinski definition) is 0. The first kappa shape index (κ1) is 15.7. The number of aryl methyl sites for hydroxylation is 1. The van der Waals surface area contributed by atoms with Crippen molar-refractivity contribution in [3.63, 3.8) is 0 Å². The molecule has 2 aromatic rings. The van der Waals surface area contributed by atoms with Crippen LogP contribution in [0.2, 0.25) is 0 Å². The zero-order chi connectivity index (χ0) is 15.5. The van der Waals surface area contributed by atoms with E-state index >= 15 is 0 Å². The number of ether oxygens (including phenoxy) is 1. The third kappa shape index (κ3) is 3.68. The van der Waals surface area contributed by atoms with Crippen molar-refractivity contribution >= 4 is 21.7 Å². The first-order valence-electron chi connectivity index (χ1n) is 6.20. The van der Waals surface area contributed by atoms with Gasteiger partial charge in [0.15, 0.2) is 11.5 Å². The normalized spacial score (nSPS) is 11.2. The fourth-order valence-corrected chi connectivity index (χ4v) is 2.84. The Labute approximate surface area is 129 Å². The van der Waals surface area contributed by atoms with Crippen LogP contribution >= 0.6 is 11.6 Å². The van der Waals surface area contributed by atoms with Crippen LogP contribution in [0.25, 0.3) is 0 Å². The number of methoxy groups -OCH3 is 1. The third-order valence-electron chi connectivity index (χ3n) is 2.89. The van der Waals surface area contributed by atoms with Crippen molar-refractivity contribution in [1.29, 1.82) is 0 Å². The molecule has 0 unspecified atom stereocenters. The van der Waals surface area contributed by atoms with Crippen molar-refractivity contribution in [3.8, 4) is 11.5 Å². The van der Waals surface area contributed by atoms with Gasteiger partial charge in [-0.25, -0.2) is 0 Å². The van der Waals surface area contributed by atoms with E-state index in [-0.39, 0.29) is 10.6 Å². The van der Waals surface area contributed by atoms with Crippen molar-refractivity contribution in [1.82, 2.24) is 0 Å². The lowest BCUT2D eigenvalue weighted by Gasteiger charge is -2.11. The van der Waals surface area contributed by atoms with E-state index in [1.165, 1.54) is 25.3 Å². The molecule has 0 fully saturated rings. The van der Waals surface area contributed by atoms with Gasteiger partial charge in [0.1, 0.15) is 4.90 Å². The molecule has 0 aliphatic carbocycles. The topological polar surface area (TPSA) is 52.6 Å². The average Bonchev–Trinajstić information content (AvgIpc) is 2.47. The predicted octanol–water partition coefficient (Wildman–Crippen LogP) is 3.51. The second kappa shape index (κ2) is 6.37. The van der Waals surface area contributed by atoms with Gasteiger partial charge in [-0.05, 0) is 36.8 Å². The van der Waals surface area contributed by atoms with Gasteiger partial charge in [-0.1, -0.05) is 23.8 Å². The molecule has 0 bridgehead atoms. The number of benzene rings is 2. The van der Waals surface area contributed by atoms with Crippen LogP contribution in [-0.4, -0.2) is 15.5 Å². The van der Waals surface area contributed by atoms with Crippen molar-refractivity contribution in [3.05, 3.63) is 53.6 Å². The fourth-order valence-electron chi connectivity index (χ4n) is 1.74. The molecular weight excluding hydrogens is 312 g/mol. The van der Waals surface area contributed by atoms with Crippen molar-refractivity contribution in [2.45, 2.75) is 17.7 Å². The Hall–Kier alpha value is -1.72. The minimum Gasteiger partial charge on any atom is -0.493 e. The van der Waals surface area contributed by atoms with Crippen LogP contribution in [0, 0.1) is 6.92 Å². The van der Waals surface area contributed by atoms with E-state index in [0.717, 1.165) is 11.1 Å². The minimum absolute atomic E-state index is 0.0940. The summed E-state index contributed by atoms with van der Waals surface area (Å²) in [5.74, 6) is 0.761. The summed E-state index contributed by atoms with van der Waals surface area (Å²) in [5.41, 5.74) is 1.78. The summed E-state index contributed by atoms with van der Waals surface area (Å²) in [6.45, 7) is 1.88. The van der Waals surface area contributed by atoms with Gasteiger partial charge in [-0.2, -0.15) is 8.42 Å². The Morgan fingerprint density at radius 3 is 2.29 bits per heavy atom. The van der Waals surface area contributed by atoms with E-state index in [4.69, 9.17) is 20.5 Å². The molecule has 2 aromatic carbocycles. The van der Waals surface area contributed by atoms with Gasteiger partial charge in [-0.3, -0.25) is 0 Å². The van der Waals surface area contributed by atoms with E-state index in [9.17, 15) is 8.42 Å². The summed E-state index contributed by atoms with van der Waals surface area (Å²) in [4.78, 5) is 0.0940. The van der Waals surface area contributed by atoms with E-state index < -0.39 is 10.1 Å². The molecule has 0 atom stereocenters. The van der Waals surface area contributed by atoms with Crippen LogP contribution in [0.15, 0.2) is 47.4 Å². The smallest absolute Gasteiger partial charge is 0.339 e. The highest BCUT2D eigenvalue weighted by Gasteiger charge is 2.19. The standard InChI is InChI=1S/C15H15ClO4S/c1-11-3-6-13(7-4-11)21(17,18)20-14-8-5-12(10-16)9-15(14)19-2/h3-9H,10H2,1-2H3. The fraction of sp³-hybridized carbons (Fsp3) is 0.200. The summed E-state index contributed by atoms with van der Waals surface area (Å²) < 4.78 is 34.8.